The van der Waals surface area contributed by atoms with Gasteiger partial charge in [0.25, 0.3) is 0 Å². The summed E-state index contributed by atoms with van der Waals surface area (Å²) in [5.74, 6) is 0.735. The van der Waals surface area contributed by atoms with Gasteiger partial charge in [0.1, 0.15) is 0 Å². The zero-order valence-corrected chi connectivity index (χ0v) is 11.9. The summed E-state index contributed by atoms with van der Waals surface area (Å²) < 4.78 is 0. The van der Waals surface area contributed by atoms with Crippen LogP contribution in [0.5, 0.6) is 0 Å². The van der Waals surface area contributed by atoms with Gasteiger partial charge in [0.15, 0.2) is 0 Å². The van der Waals surface area contributed by atoms with Crippen molar-refractivity contribution in [3.05, 3.63) is 40.7 Å². The van der Waals surface area contributed by atoms with Crippen molar-refractivity contribution in [2.75, 3.05) is 0 Å². The first kappa shape index (κ1) is 12.8. The third kappa shape index (κ3) is 3.23. The summed E-state index contributed by atoms with van der Waals surface area (Å²) in [6.07, 6.45) is 6.06. The fourth-order valence-electron chi connectivity index (χ4n) is 2.91. The van der Waals surface area contributed by atoms with Crippen LogP contribution in [0.3, 0.4) is 0 Å². The lowest BCUT2D eigenvalue weighted by molar-refractivity contribution is 0.320. The molecule has 2 unspecified atom stereocenters. The molecule has 19 heavy (non-hydrogen) atoms. The summed E-state index contributed by atoms with van der Waals surface area (Å²) in [6, 6.07) is 10.8. The SMILES string of the molecule is NC1CCCC(Cc2nc(-c3ccccc3)cs2)C1. The van der Waals surface area contributed by atoms with Gasteiger partial charge in [-0.05, 0) is 25.2 Å². The van der Waals surface area contributed by atoms with Crippen LogP contribution in [-0.4, -0.2) is 11.0 Å². The molecule has 2 atom stereocenters. The van der Waals surface area contributed by atoms with Gasteiger partial charge in [-0.3, -0.25) is 0 Å². The molecule has 0 spiro atoms. The summed E-state index contributed by atoms with van der Waals surface area (Å²) in [4.78, 5) is 4.78. The van der Waals surface area contributed by atoms with E-state index in [0.717, 1.165) is 18.0 Å². The monoisotopic (exact) mass is 272 g/mol. The number of rotatable bonds is 3. The Morgan fingerprint density at radius 1 is 1.21 bits per heavy atom. The van der Waals surface area contributed by atoms with Crippen molar-refractivity contribution in [1.29, 1.82) is 0 Å². The fraction of sp³-hybridized carbons (Fsp3) is 0.438. The lowest BCUT2D eigenvalue weighted by Crippen LogP contribution is -2.28. The van der Waals surface area contributed by atoms with E-state index >= 15 is 0 Å². The van der Waals surface area contributed by atoms with Crippen LogP contribution < -0.4 is 5.73 Å². The maximum Gasteiger partial charge on any atom is 0.0935 e. The standard InChI is InChI=1S/C16H20N2S/c17-14-8-4-5-12(9-14)10-16-18-15(11-19-16)13-6-2-1-3-7-13/h1-3,6-7,11-12,14H,4-5,8-10,17H2. The predicted octanol–water partition coefficient (Wildman–Crippen LogP) is 3.87. The summed E-state index contributed by atoms with van der Waals surface area (Å²) in [6.45, 7) is 0. The van der Waals surface area contributed by atoms with Crippen LogP contribution in [0.25, 0.3) is 11.3 Å². The van der Waals surface area contributed by atoms with E-state index in [-0.39, 0.29) is 0 Å². The van der Waals surface area contributed by atoms with Crippen molar-refractivity contribution in [1.82, 2.24) is 4.98 Å². The average Bonchev–Trinajstić information content (AvgIpc) is 2.88. The lowest BCUT2D eigenvalue weighted by Gasteiger charge is -2.25. The molecular formula is C16H20N2S. The van der Waals surface area contributed by atoms with Gasteiger partial charge in [0, 0.05) is 23.4 Å². The number of thiazole rings is 1. The molecule has 1 heterocycles. The lowest BCUT2D eigenvalue weighted by atomic mass is 9.84. The molecular weight excluding hydrogens is 252 g/mol. The molecule has 0 saturated heterocycles. The van der Waals surface area contributed by atoms with E-state index in [4.69, 9.17) is 10.7 Å². The highest BCUT2D eigenvalue weighted by atomic mass is 32.1. The van der Waals surface area contributed by atoms with Gasteiger partial charge in [-0.2, -0.15) is 0 Å². The molecule has 100 valence electrons. The molecule has 1 aromatic heterocycles. The molecule has 1 saturated carbocycles. The minimum Gasteiger partial charge on any atom is -0.328 e. The van der Waals surface area contributed by atoms with E-state index in [0.29, 0.717) is 6.04 Å². The van der Waals surface area contributed by atoms with Gasteiger partial charge in [-0.15, -0.1) is 11.3 Å². The van der Waals surface area contributed by atoms with E-state index in [9.17, 15) is 0 Å². The molecule has 3 heteroatoms. The van der Waals surface area contributed by atoms with Gasteiger partial charge < -0.3 is 5.73 Å². The molecule has 1 aliphatic rings. The summed E-state index contributed by atoms with van der Waals surface area (Å²) in [5, 5.41) is 3.44. The van der Waals surface area contributed by atoms with Gasteiger partial charge in [0.2, 0.25) is 0 Å². The fourth-order valence-corrected chi connectivity index (χ4v) is 3.83. The summed E-state index contributed by atoms with van der Waals surface area (Å²) in [5.41, 5.74) is 8.38. The number of nitrogens with zero attached hydrogens (tertiary/aromatic N) is 1. The highest BCUT2D eigenvalue weighted by molar-refractivity contribution is 7.09. The molecule has 2 N–H and O–H groups in total. The molecule has 0 radical (unpaired) electrons. The van der Waals surface area contributed by atoms with Crippen molar-refractivity contribution in [3.63, 3.8) is 0 Å². The van der Waals surface area contributed by atoms with E-state index in [1.54, 1.807) is 11.3 Å². The van der Waals surface area contributed by atoms with Crippen molar-refractivity contribution >= 4 is 11.3 Å². The molecule has 1 fully saturated rings. The van der Waals surface area contributed by atoms with Crippen molar-refractivity contribution in [3.8, 4) is 11.3 Å². The normalized spacial score (nSPS) is 23.4. The van der Waals surface area contributed by atoms with Crippen LogP contribution in [0, 0.1) is 5.92 Å². The van der Waals surface area contributed by atoms with Crippen LogP contribution in [0.1, 0.15) is 30.7 Å². The van der Waals surface area contributed by atoms with Crippen molar-refractivity contribution < 1.29 is 0 Å². The number of benzene rings is 1. The van der Waals surface area contributed by atoms with E-state index in [1.165, 1.54) is 36.3 Å². The third-order valence-corrected chi connectivity index (χ3v) is 4.78. The highest BCUT2D eigenvalue weighted by Gasteiger charge is 2.20. The Morgan fingerprint density at radius 2 is 2.05 bits per heavy atom. The first-order valence-corrected chi connectivity index (χ1v) is 7.94. The smallest absolute Gasteiger partial charge is 0.0935 e. The molecule has 2 aromatic rings. The Balaban J connectivity index is 1.68. The third-order valence-electron chi connectivity index (χ3n) is 3.91. The van der Waals surface area contributed by atoms with Crippen LogP contribution in [-0.2, 0) is 6.42 Å². The molecule has 0 bridgehead atoms. The Hall–Kier alpha value is -1.19. The topological polar surface area (TPSA) is 38.9 Å². The Labute approximate surface area is 118 Å². The minimum absolute atomic E-state index is 0.410. The van der Waals surface area contributed by atoms with Crippen LogP contribution >= 0.6 is 11.3 Å². The maximum atomic E-state index is 6.06. The zero-order valence-electron chi connectivity index (χ0n) is 11.1. The molecule has 0 aliphatic heterocycles. The summed E-state index contributed by atoms with van der Waals surface area (Å²) in [7, 11) is 0. The molecule has 2 nitrogen and oxygen atoms in total. The largest absolute Gasteiger partial charge is 0.328 e. The van der Waals surface area contributed by atoms with Crippen LogP contribution in [0.4, 0.5) is 0 Å². The quantitative estimate of drug-likeness (QED) is 0.921. The van der Waals surface area contributed by atoms with Crippen molar-refractivity contribution in [2.24, 2.45) is 11.7 Å². The second kappa shape index (κ2) is 5.85. The molecule has 1 aromatic carbocycles. The van der Waals surface area contributed by atoms with E-state index < -0.39 is 0 Å². The first-order valence-electron chi connectivity index (χ1n) is 7.06. The van der Waals surface area contributed by atoms with E-state index in [1.807, 2.05) is 6.07 Å². The average molecular weight is 272 g/mol. The van der Waals surface area contributed by atoms with Crippen LogP contribution in [0.15, 0.2) is 35.7 Å². The highest BCUT2D eigenvalue weighted by Crippen LogP contribution is 2.29. The van der Waals surface area contributed by atoms with Crippen LogP contribution in [0.2, 0.25) is 0 Å². The number of aromatic nitrogens is 1. The van der Waals surface area contributed by atoms with E-state index in [2.05, 4.69) is 29.6 Å². The Bertz CT molecular complexity index is 521. The molecule has 1 aliphatic carbocycles. The zero-order chi connectivity index (χ0) is 13.1. The first-order chi connectivity index (χ1) is 9.31. The number of nitrogens with two attached hydrogens (primary N) is 1. The molecule has 0 amide bonds. The number of hydrogen-bond acceptors (Lipinski definition) is 3. The van der Waals surface area contributed by atoms with Gasteiger partial charge in [0.05, 0.1) is 10.7 Å². The molecule has 3 rings (SSSR count). The predicted molar refractivity (Wildman–Crippen MR) is 81.2 cm³/mol. The maximum absolute atomic E-state index is 6.06. The second-order valence-electron chi connectivity index (χ2n) is 5.49. The summed E-state index contributed by atoms with van der Waals surface area (Å²) >= 11 is 1.79. The minimum atomic E-state index is 0.410. The van der Waals surface area contributed by atoms with Crippen molar-refractivity contribution in [2.45, 2.75) is 38.1 Å². The van der Waals surface area contributed by atoms with Gasteiger partial charge in [-0.1, -0.05) is 36.8 Å². The van der Waals surface area contributed by atoms with Gasteiger partial charge >= 0.3 is 0 Å². The Morgan fingerprint density at radius 3 is 2.84 bits per heavy atom. The second-order valence-corrected chi connectivity index (χ2v) is 6.43. The Kier molecular flexibility index (Phi) is 3.95. The number of hydrogen-bond donors (Lipinski definition) is 1. The van der Waals surface area contributed by atoms with Gasteiger partial charge in [-0.25, -0.2) is 4.98 Å².